The summed E-state index contributed by atoms with van der Waals surface area (Å²) in [5.41, 5.74) is 2.33. The predicted molar refractivity (Wildman–Crippen MR) is 94.1 cm³/mol. The standard InChI is InChI=1S/C20H22N2/c1-3-9-17(10-4-1)15-21-19-13-7-8-14-20(19)22-16-18-11-5-2-6-12-18/h1-6,9-12,15-16,19-20H,7-8,13-14H2/t19-,20-/m1/s1. The van der Waals surface area contributed by atoms with Crippen LogP contribution < -0.4 is 0 Å². The fraction of sp³-hybridized carbons (Fsp3) is 0.300. The van der Waals surface area contributed by atoms with E-state index in [1.165, 1.54) is 24.0 Å². The molecule has 0 amide bonds. The topological polar surface area (TPSA) is 24.7 Å². The van der Waals surface area contributed by atoms with Crippen molar-refractivity contribution in [3.05, 3.63) is 71.8 Å². The highest BCUT2D eigenvalue weighted by Gasteiger charge is 2.22. The second-order valence-corrected chi connectivity index (χ2v) is 5.80. The summed E-state index contributed by atoms with van der Waals surface area (Å²) in [6, 6.07) is 21.3. The van der Waals surface area contributed by atoms with E-state index in [1.54, 1.807) is 0 Å². The zero-order valence-corrected chi connectivity index (χ0v) is 12.8. The van der Waals surface area contributed by atoms with E-state index < -0.39 is 0 Å². The van der Waals surface area contributed by atoms with Gasteiger partial charge < -0.3 is 0 Å². The summed E-state index contributed by atoms with van der Waals surface area (Å²) < 4.78 is 0. The molecule has 112 valence electrons. The number of aliphatic imine (C=N–C) groups is 2. The van der Waals surface area contributed by atoms with Crippen LogP contribution in [0, 0.1) is 0 Å². The molecule has 2 aromatic carbocycles. The third-order valence-corrected chi connectivity index (χ3v) is 4.12. The summed E-state index contributed by atoms with van der Waals surface area (Å²) in [6.45, 7) is 0. The lowest BCUT2D eigenvalue weighted by molar-refractivity contribution is 0.390. The minimum absolute atomic E-state index is 0.314. The highest BCUT2D eigenvalue weighted by atomic mass is 14.9. The minimum Gasteiger partial charge on any atom is -0.287 e. The Morgan fingerprint density at radius 1 is 0.636 bits per heavy atom. The van der Waals surface area contributed by atoms with Gasteiger partial charge in [-0.1, -0.05) is 73.5 Å². The van der Waals surface area contributed by atoms with Crippen molar-refractivity contribution in [2.75, 3.05) is 0 Å². The van der Waals surface area contributed by atoms with Gasteiger partial charge in [-0.2, -0.15) is 0 Å². The van der Waals surface area contributed by atoms with Gasteiger partial charge in [0.2, 0.25) is 0 Å². The summed E-state index contributed by atoms with van der Waals surface area (Å²) in [6.07, 6.45) is 8.80. The Bertz CT molecular complexity index is 559. The molecule has 0 spiro atoms. The Morgan fingerprint density at radius 3 is 1.45 bits per heavy atom. The lowest BCUT2D eigenvalue weighted by Gasteiger charge is -2.25. The minimum atomic E-state index is 0.314. The molecule has 2 nitrogen and oxygen atoms in total. The molecule has 0 saturated heterocycles. The number of hydrogen-bond donors (Lipinski definition) is 0. The second kappa shape index (κ2) is 7.69. The third-order valence-electron chi connectivity index (χ3n) is 4.12. The normalized spacial score (nSPS) is 22.4. The van der Waals surface area contributed by atoms with Crippen LogP contribution in [0.2, 0.25) is 0 Å². The van der Waals surface area contributed by atoms with E-state index in [0.717, 1.165) is 12.8 Å². The van der Waals surface area contributed by atoms with Gasteiger partial charge in [0, 0.05) is 12.4 Å². The first-order valence-electron chi connectivity index (χ1n) is 8.08. The average molecular weight is 290 g/mol. The van der Waals surface area contributed by atoms with Crippen LogP contribution in [0.1, 0.15) is 36.8 Å². The fourth-order valence-electron chi connectivity index (χ4n) is 2.88. The van der Waals surface area contributed by atoms with E-state index in [0.29, 0.717) is 12.1 Å². The van der Waals surface area contributed by atoms with Gasteiger partial charge in [-0.25, -0.2) is 0 Å². The maximum Gasteiger partial charge on any atom is 0.0723 e. The quantitative estimate of drug-likeness (QED) is 0.739. The molecule has 0 unspecified atom stereocenters. The average Bonchev–Trinajstić information content (AvgIpc) is 2.61. The van der Waals surface area contributed by atoms with E-state index in [2.05, 4.69) is 24.3 Å². The molecule has 1 saturated carbocycles. The smallest absolute Gasteiger partial charge is 0.0723 e. The molecule has 3 rings (SSSR count). The van der Waals surface area contributed by atoms with Gasteiger partial charge in [-0.15, -0.1) is 0 Å². The van der Waals surface area contributed by atoms with Gasteiger partial charge in [0.05, 0.1) is 12.1 Å². The van der Waals surface area contributed by atoms with Gasteiger partial charge in [0.15, 0.2) is 0 Å². The van der Waals surface area contributed by atoms with E-state index in [9.17, 15) is 0 Å². The van der Waals surface area contributed by atoms with Crippen molar-refractivity contribution in [1.29, 1.82) is 0 Å². The lowest BCUT2D eigenvalue weighted by atomic mass is 9.91. The van der Waals surface area contributed by atoms with Crippen molar-refractivity contribution in [3.63, 3.8) is 0 Å². The second-order valence-electron chi connectivity index (χ2n) is 5.80. The number of hydrogen-bond acceptors (Lipinski definition) is 2. The van der Waals surface area contributed by atoms with Crippen molar-refractivity contribution >= 4 is 12.4 Å². The Morgan fingerprint density at radius 2 is 1.05 bits per heavy atom. The summed E-state index contributed by atoms with van der Waals surface area (Å²) in [7, 11) is 0. The molecule has 1 aliphatic carbocycles. The first kappa shape index (κ1) is 14.7. The van der Waals surface area contributed by atoms with Crippen LogP contribution in [0.15, 0.2) is 70.6 Å². The monoisotopic (exact) mass is 290 g/mol. The van der Waals surface area contributed by atoms with Crippen molar-refractivity contribution in [3.8, 4) is 0 Å². The fourth-order valence-corrected chi connectivity index (χ4v) is 2.88. The van der Waals surface area contributed by atoms with Gasteiger partial charge in [0.25, 0.3) is 0 Å². The summed E-state index contributed by atoms with van der Waals surface area (Å²) >= 11 is 0. The van der Waals surface area contributed by atoms with Crippen LogP contribution in [0.25, 0.3) is 0 Å². The van der Waals surface area contributed by atoms with Gasteiger partial charge >= 0.3 is 0 Å². The first-order chi connectivity index (χ1) is 10.9. The van der Waals surface area contributed by atoms with E-state index in [1.807, 2.05) is 48.8 Å². The zero-order chi connectivity index (χ0) is 15.0. The lowest BCUT2D eigenvalue weighted by Crippen LogP contribution is -2.27. The van der Waals surface area contributed by atoms with Crippen LogP contribution in [0.4, 0.5) is 0 Å². The van der Waals surface area contributed by atoms with Crippen molar-refractivity contribution < 1.29 is 0 Å². The third kappa shape index (κ3) is 4.14. The Labute approximate surface area is 132 Å². The van der Waals surface area contributed by atoms with Crippen molar-refractivity contribution in [2.45, 2.75) is 37.8 Å². The van der Waals surface area contributed by atoms with E-state index in [-0.39, 0.29) is 0 Å². The van der Waals surface area contributed by atoms with Gasteiger partial charge in [-0.3, -0.25) is 9.98 Å². The summed E-state index contributed by atoms with van der Waals surface area (Å²) in [5, 5.41) is 0. The predicted octanol–water partition coefficient (Wildman–Crippen LogP) is 4.54. The number of nitrogens with zero attached hydrogens (tertiary/aromatic N) is 2. The van der Waals surface area contributed by atoms with Crippen LogP contribution in [-0.2, 0) is 0 Å². The molecule has 1 aliphatic rings. The van der Waals surface area contributed by atoms with Crippen molar-refractivity contribution in [1.82, 2.24) is 0 Å². The highest BCUT2D eigenvalue weighted by molar-refractivity contribution is 5.80. The number of benzene rings is 2. The number of rotatable bonds is 4. The van der Waals surface area contributed by atoms with Crippen LogP contribution >= 0.6 is 0 Å². The molecule has 1 fully saturated rings. The van der Waals surface area contributed by atoms with E-state index in [4.69, 9.17) is 9.98 Å². The van der Waals surface area contributed by atoms with E-state index >= 15 is 0 Å². The summed E-state index contributed by atoms with van der Waals surface area (Å²) in [4.78, 5) is 9.62. The first-order valence-corrected chi connectivity index (χ1v) is 8.08. The van der Waals surface area contributed by atoms with Crippen LogP contribution in [0.3, 0.4) is 0 Å². The molecule has 0 N–H and O–H groups in total. The molecular weight excluding hydrogens is 268 g/mol. The van der Waals surface area contributed by atoms with Gasteiger partial charge in [0.1, 0.15) is 0 Å². The largest absolute Gasteiger partial charge is 0.287 e. The van der Waals surface area contributed by atoms with Crippen molar-refractivity contribution in [2.24, 2.45) is 9.98 Å². The maximum atomic E-state index is 4.81. The Balaban J connectivity index is 1.69. The molecular formula is C20H22N2. The Hall–Kier alpha value is -2.22. The maximum absolute atomic E-state index is 4.81. The molecule has 0 aromatic heterocycles. The van der Waals surface area contributed by atoms with Crippen LogP contribution in [-0.4, -0.2) is 24.5 Å². The molecule has 2 aromatic rings. The van der Waals surface area contributed by atoms with Gasteiger partial charge in [-0.05, 0) is 24.0 Å². The molecule has 0 bridgehead atoms. The molecule has 2 heteroatoms. The van der Waals surface area contributed by atoms with Crippen LogP contribution in [0.5, 0.6) is 0 Å². The highest BCUT2D eigenvalue weighted by Crippen LogP contribution is 2.24. The summed E-state index contributed by atoms with van der Waals surface area (Å²) in [5.74, 6) is 0. The molecule has 22 heavy (non-hydrogen) atoms. The molecule has 2 atom stereocenters. The molecule has 0 heterocycles. The zero-order valence-electron chi connectivity index (χ0n) is 12.8. The SMILES string of the molecule is C(=N[C@@H]1CCCC[C@H]1N=Cc1ccccc1)c1ccccc1. The Kier molecular flexibility index (Phi) is 5.14. The molecule has 0 radical (unpaired) electrons. The molecule has 0 aliphatic heterocycles.